The van der Waals surface area contributed by atoms with Gasteiger partial charge >= 0.3 is 0 Å². The van der Waals surface area contributed by atoms with Gasteiger partial charge in [0.25, 0.3) is 11.8 Å². The number of benzene rings is 1. The molecule has 1 heterocycles. The van der Waals surface area contributed by atoms with Crippen LogP contribution in [0.1, 0.15) is 91.2 Å². The van der Waals surface area contributed by atoms with E-state index in [9.17, 15) is 14.4 Å². The second-order valence-corrected chi connectivity index (χ2v) is 9.23. The van der Waals surface area contributed by atoms with E-state index in [0.29, 0.717) is 6.54 Å². The van der Waals surface area contributed by atoms with E-state index in [1.165, 1.54) is 6.42 Å². The topological polar surface area (TPSA) is 89.4 Å². The van der Waals surface area contributed by atoms with Crippen LogP contribution in [0.25, 0.3) is 0 Å². The molecule has 178 valence electrons. The summed E-state index contributed by atoms with van der Waals surface area (Å²) in [6, 6.07) is 7.27. The quantitative estimate of drug-likeness (QED) is 0.626. The molecule has 7 nitrogen and oxygen atoms in total. The Morgan fingerprint density at radius 1 is 1.00 bits per heavy atom. The highest BCUT2D eigenvalue weighted by atomic mass is 16.5. The third-order valence-electron chi connectivity index (χ3n) is 6.17. The predicted octanol–water partition coefficient (Wildman–Crippen LogP) is 4.24. The van der Waals surface area contributed by atoms with Gasteiger partial charge in [0.15, 0.2) is 0 Å². The monoisotopic (exact) mass is 453 g/mol. The van der Waals surface area contributed by atoms with Gasteiger partial charge in [-0.05, 0) is 43.4 Å². The minimum atomic E-state index is -0.539. The Hall–Kier alpha value is -3.09. The van der Waals surface area contributed by atoms with E-state index < -0.39 is 17.2 Å². The van der Waals surface area contributed by atoms with Crippen molar-refractivity contribution in [1.82, 2.24) is 15.2 Å². The first-order chi connectivity index (χ1) is 15.8. The van der Waals surface area contributed by atoms with Crippen molar-refractivity contribution in [1.29, 1.82) is 0 Å². The van der Waals surface area contributed by atoms with Crippen LogP contribution in [-0.4, -0.2) is 30.0 Å². The van der Waals surface area contributed by atoms with E-state index in [0.717, 1.165) is 37.0 Å². The van der Waals surface area contributed by atoms with Gasteiger partial charge in [-0.2, -0.15) is 0 Å². The number of carbonyl (C=O) groups excluding carboxylic acids is 2. The lowest BCUT2D eigenvalue weighted by Gasteiger charge is -2.26. The molecular weight excluding hydrogens is 418 g/mol. The number of ether oxygens (including phenoxy) is 1. The fourth-order valence-corrected chi connectivity index (χ4v) is 4.15. The second-order valence-electron chi connectivity index (χ2n) is 9.23. The smallest absolute Gasteiger partial charge is 0.257 e. The van der Waals surface area contributed by atoms with Crippen LogP contribution < -0.4 is 20.8 Å². The van der Waals surface area contributed by atoms with E-state index in [-0.39, 0.29) is 29.1 Å². The van der Waals surface area contributed by atoms with Crippen molar-refractivity contribution in [3.05, 3.63) is 63.6 Å². The molecule has 1 aromatic carbocycles. The number of amides is 2. The van der Waals surface area contributed by atoms with Crippen molar-refractivity contribution in [2.45, 2.75) is 65.0 Å². The molecule has 2 aromatic rings. The number of nitrogens with one attached hydrogen (secondary N) is 2. The number of pyridine rings is 1. The lowest BCUT2D eigenvalue weighted by atomic mass is 9.95. The Morgan fingerprint density at radius 3 is 2.18 bits per heavy atom. The zero-order valence-corrected chi connectivity index (χ0v) is 20.0. The van der Waals surface area contributed by atoms with Crippen molar-refractivity contribution in [2.24, 2.45) is 5.92 Å². The highest BCUT2D eigenvalue weighted by Crippen LogP contribution is 2.28. The van der Waals surface area contributed by atoms with Gasteiger partial charge in [-0.3, -0.25) is 14.4 Å². The first-order valence-corrected chi connectivity index (χ1v) is 11.8. The summed E-state index contributed by atoms with van der Waals surface area (Å²) >= 11 is 0. The van der Waals surface area contributed by atoms with Crippen molar-refractivity contribution in [3.8, 4) is 5.75 Å². The van der Waals surface area contributed by atoms with Crippen LogP contribution in [0.3, 0.4) is 0 Å². The molecule has 2 N–H and O–H groups in total. The molecule has 1 aliphatic rings. The van der Waals surface area contributed by atoms with E-state index in [4.69, 9.17) is 4.74 Å². The molecule has 7 heteroatoms. The van der Waals surface area contributed by atoms with E-state index in [1.54, 1.807) is 19.5 Å². The molecule has 1 fully saturated rings. The average Bonchev–Trinajstić information content (AvgIpc) is 2.83. The molecule has 1 aromatic heterocycles. The van der Waals surface area contributed by atoms with Crippen molar-refractivity contribution in [2.75, 3.05) is 13.7 Å². The van der Waals surface area contributed by atoms with Crippen LogP contribution in [0.4, 0.5) is 0 Å². The molecule has 0 aliphatic heterocycles. The molecule has 1 aliphatic carbocycles. The number of nitrogens with zero attached hydrogens (tertiary/aromatic N) is 1. The molecule has 0 saturated heterocycles. The maximum Gasteiger partial charge on any atom is 0.257 e. The number of hydrogen-bond acceptors (Lipinski definition) is 4. The van der Waals surface area contributed by atoms with Crippen molar-refractivity contribution >= 4 is 11.8 Å². The third-order valence-corrected chi connectivity index (χ3v) is 6.17. The zero-order valence-electron chi connectivity index (χ0n) is 20.0. The van der Waals surface area contributed by atoms with Crippen LogP contribution in [0.5, 0.6) is 5.75 Å². The molecule has 0 spiro atoms. The standard InChI is InChI=1S/C26H35N3O4/c1-17(2)14-27-25(31)22-15-29(20-8-6-5-7-9-20)16-23(24(22)30)26(32)28-18(3)19-10-12-21(33-4)13-11-19/h10-13,15-18,20H,5-9,14H2,1-4H3,(H,27,31)(H,28,32)/t18-/m1/s1. The third kappa shape index (κ3) is 6.24. The maximum absolute atomic E-state index is 13.2. The summed E-state index contributed by atoms with van der Waals surface area (Å²) in [5.41, 5.74) is 0.370. The van der Waals surface area contributed by atoms with E-state index in [1.807, 2.05) is 49.6 Å². The first kappa shape index (κ1) is 24.6. The minimum absolute atomic E-state index is 0.00173. The van der Waals surface area contributed by atoms with Gasteiger partial charge in [-0.25, -0.2) is 0 Å². The van der Waals surface area contributed by atoms with Gasteiger partial charge in [-0.15, -0.1) is 0 Å². The molecule has 0 radical (unpaired) electrons. The second kappa shape index (κ2) is 11.2. The summed E-state index contributed by atoms with van der Waals surface area (Å²) in [5, 5.41) is 5.73. The molecular formula is C26H35N3O4. The molecule has 1 saturated carbocycles. The first-order valence-electron chi connectivity index (χ1n) is 11.8. The normalized spacial score (nSPS) is 15.2. The minimum Gasteiger partial charge on any atom is -0.497 e. The van der Waals surface area contributed by atoms with Crippen molar-refractivity contribution in [3.63, 3.8) is 0 Å². The van der Waals surface area contributed by atoms with Crippen LogP contribution in [0.15, 0.2) is 41.5 Å². The number of hydrogen-bond donors (Lipinski definition) is 2. The van der Waals surface area contributed by atoms with E-state index >= 15 is 0 Å². The van der Waals surface area contributed by atoms with Crippen LogP contribution in [-0.2, 0) is 0 Å². The molecule has 2 amide bonds. The SMILES string of the molecule is COc1ccc([C@@H](C)NC(=O)c2cn(C3CCCCC3)cc(C(=O)NCC(C)C)c2=O)cc1. The summed E-state index contributed by atoms with van der Waals surface area (Å²) in [6.07, 6.45) is 8.57. The molecule has 33 heavy (non-hydrogen) atoms. The summed E-state index contributed by atoms with van der Waals surface area (Å²) in [4.78, 5) is 39.2. The van der Waals surface area contributed by atoms with Gasteiger partial charge in [0, 0.05) is 25.0 Å². The molecule has 3 rings (SSSR count). The van der Waals surface area contributed by atoms with Gasteiger partial charge in [0.2, 0.25) is 5.43 Å². The summed E-state index contributed by atoms with van der Waals surface area (Å²) < 4.78 is 7.09. The van der Waals surface area contributed by atoms with E-state index in [2.05, 4.69) is 10.6 Å². The molecule has 1 atom stereocenters. The highest BCUT2D eigenvalue weighted by Gasteiger charge is 2.24. The van der Waals surface area contributed by atoms with Crippen LogP contribution in [0.2, 0.25) is 0 Å². The summed E-state index contributed by atoms with van der Waals surface area (Å²) in [6.45, 7) is 6.31. The average molecular weight is 454 g/mol. The van der Waals surface area contributed by atoms with Gasteiger partial charge in [0.1, 0.15) is 16.9 Å². The number of aromatic nitrogens is 1. The highest BCUT2D eigenvalue weighted by molar-refractivity contribution is 5.99. The molecule has 0 bridgehead atoms. The predicted molar refractivity (Wildman–Crippen MR) is 129 cm³/mol. The van der Waals surface area contributed by atoms with Gasteiger partial charge < -0.3 is 19.9 Å². The largest absolute Gasteiger partial charge is 0.497 e. The Balaban J connectivity index is 1.90. The summed E-state index contributed by atoms with van der Waals surface area (Å²) in [7, 11) is 1.60. The van der Waals surface area contributed by atoms with Crippen LogP contribution >= 0.6 is 0 Å². The summed E-state index contributed by atoms with van der Waals surface area (Å²) in [5.74, 6) is 0.0709. The van der Waals surface area contributed by atoms with Gasteiger partial charge in [0.05, 0.1) is 13.2 Å². The Morgan fingerprint density at radius 2 is 1.61 bits per heavy atom. The fourth-order valence-electron chi connectivity index (χ4n) is 4.15. The molecule has 0 unspecified atom stereocenters. The maximum atomic E-state index is 13.2. The number of methoxy groups -OCH3 is 1. The zero-order chi connectivity index (χ0) is 24.0. The Bertz CT molecular complexity index is 1020. The number of carbonyl (C=O) groups is 2. The van der Waals surface area contributed by atoms with Crippen molar-refractivity contribution < 1.29 is 14.3 Å². The Labute approximate surface area is 195 Å². The fraction of sp³-hybridized carbons (Fsp3) is 0.500. The van der Waals surface area contributed by atoms with Gasteiger partial charge in [-0.1, -0.05) is 45.2 Å². The number of rotatable bonds is 8. The Kier molecular flexibility index (Phi) is 8.31. The lowest BCUT2D eigenvalue weighted by Crippen LogP contribution is -2.37. The lowest BCUT2D eigenvalue weighted by molar-refractivity contribution is 0.0937. The van der Waals surface area contributed by atoms with Crippen LogP contribution in [0, 0.1) is 5.92 Å².